The second kappa shape index (κ2) is 75.4. The van der Waals surface area contributed by atoms with Gasteiger partial charge < -0.3 is 20.4 Å². The number of carboxylic acids is 4. The van der Waals surface area contributed by atoms with Gasteiger partial charge in [-0.15, -0.1) is 0 Å². The third-order valence-corrected chi connectivity index (χ3v) is 29.0. The van der Waals surface area contributed by atoms with Gasteiger partial charge in [0.05, 0.1) is 54.3 Å². The predicted molar refractivity (Wildman–Crippen MR) is 501 cm³/mol. The Morgan fingerprint density at radius 3 is 0.450 bits per heavy atom. The average molecular weight is 1680 g/mol. The van der Waals surface area contributed by atoms with E-state index >= 15 is 0 Å². The largest absolute Gasteiger partial charge is 0.481 e. The van der Waals surface area contributed by atoms with E-state index < -0.39 is 29.4 Å². The van der Waals surface area contributed by atoms with Crippen molar-refractivity contribution in [2.75, 3.05) is 0 Å². The summed E-state index contributed by atoms with van der Waals surface area (Å²) in [5.74, 6) is -4.37. The zero-order valence-electron chi connectivity index (χ0n) is 78.2. The van der Waals surface area contributed by atoms with E-state index in [1.54, 1.807) is 0 Å². The number of nitrogens with zero attached hydrogens (tertiary/aromatic N) is 8. The van der Waals surface area contributed by atoms with Crippen molar-refractivity contribution in [3.63, 3.8) is 0 Å². The monoisotopic (exact) mass is 1680 g/mol. The van der Waals surface area contributed by atoms with Gasteiger partial charge in [0.15, 0.2) is 0 Å². The molecule has 2 unspecified atom stereocenters. The highest BCUT2D eigenvalue weighted by molar-refractivity contribution is 5.69. The molecule has 0 aromatic carbocycles. The Kier molecular flexibility index (Phi) is 67.1. The number of carbonyl (C=O) groups is 4. The first kappa shape index (κ1) is 107. The van der Waals surface area contributed by atoms with Gasteiger partial charge in [0, 0.05) is 19.3 Å². The van der Waals surface area contributed by atoms with Crippen molar-refractivity contribution in [3.05, 3.63) is 0 Å². The fourth-order valence-corrected chi connectivity index (χ4v) is 21.0. The molecule has 8 fully saturated rings. The number of hydrogen-bond donors (Lipinski definition) is 4. The first-order valence-electron chi connectivity index (χ1n) is 53.4. The molecule has 0 aromatic rings. The number of hydrogen-bond acceptors (Lipinski definition) is 12. The number of rotatable bonds is 16. The molecule has 16 heteroatoms. The van der Waals surface area contributed by atoms with Crippen LogP contribution in [0.4, 0.5) is 0 Å². The van der Waals surface area contributed by atoms with E-state index in [2.05, 4.69) is 0 Å². The van der Waals surface area contributed by atoms with Crippen LogP contribution in [0.5, 0.6) is 0 Å². The van der Waals surface area contributed by atoms with Crippen molar-refractivity contribution in [3.8, 4) is 0 Å². The van der Waals surface area contributed by atoms with Crippen LogP contribution >= 0.6 is 0 Å². The summed E-state index contributed by atoms with van der Waals surface area (Å²) in [6.07, 6.45) is 108. The van der Waals surface area contributed by atoms with E-state index in [0.29, 0.717) is 87.6 Å². The standard InChI is InChI=1S/C32H54N2O8.3C24H46N2/c35-28(36)20-24-12-14-25(21-29(37)38)16-18-32(23-31(41)42,19-17-26(15-13-24)22-30(39)40)34-33-27-10-8-6-4-2-1-3-5-7-9-11-27;3*1-3-7-11-15-19-23(20-16-12-8-4-1)25-26-24-21-17-13-9-5-2-6-10-14-18-22-24/h24-27H,1-23H2,(H,35,36)(H,37,38)(H,39,40)(H,41,42);3*23-24H,1-22H2. The molecule has 0 bridgehead atoms. The lowest BCUT2D eigenvalue weighted by Crippen LogP contribution is -2.32. The Morgan fingerprint density at radius 2 is 0.308 bits per heavy atom. The third-order valence-electron chi connectivity index (χ3n) is 29.0. The summed E-state index contributed by atoms with van der Waals surface area (Å²) >= 11 is 0. The molecule has 8 rings (SSSR count). The highest BCUT2D eigenvalue weighted by atomic mass is 16.4. The smallest absolute Gasteiger partial charge is 0.305 e. The van der Waals surface area contributed by atoms with Crippen molar-refractivity contribution in [1.82, 2.24) is 0 Å². The van der Waals surface area contributed by atoms with Gasteiger partial charge in [0.25, 0.3) is 0 Å². The Hall–Kier alpha value is -3.72. The molecule has 4 N–H and O–H groups in total. The van der Waals surface area contributed by atoms with Crippen molar-refractivity contribution < 1.29 is 39.6 Å². The van der Waals surface area contributed by atoms with E-state index in [9.17, 15) is 39.6 Å². The third kappa shape index (κ3) is 61.6. The first-order chi connectivity index (χ1) is 58.9. The average Bonchev–Trinajstić information content (AvgIpc) is 0.837. The van der Waals surface area contributed by atoms with Crippen LogP contribution in [0.1, 0.15) is 571 Å². The lowest BCUT2D eigenvalue weighted by atomic mass is 9.76. The van der Waals surface area contributed by atoms with Gasteiger partial charge in [0.2, 0.25) is 0 Å². The molecule has 2 atom stereocenters. The van der Waals surface area contributed by atoms with Gasteiger partial charge >= 0.3 is 23.9 Å². The molecule has 0 heterocycles. The Morgan fingerprint density at radius 1 is 0.175 bits per heavy atom. The molecule has 120 heavy (non-hydrogen) atoms. The van der Waals surface area contributed by atoms with Crippen LogP contribution in [0.15, 0.2) is 40.9 Å². The molecule has 0 aromatic heterocycles. The van der Waals surface area contributed by atoms with Gasteiger partial charge in [-0.1, -0.05) is 405 Å². The van der Waals surface area contributed by atoms with Crippen LogP contribution in [-0.2, 0) is 19.2 Å². The quantitative estimate of drug-likeness (QED) is 0.108. The summed E-state index contributed by atoms with van der Waals surface area (Å²) in [5.41, 5.74) is -1.03. The lowest BCUT2D eigenvalue weighted by molar-refractivity contribution is -0.140. The molecular formula is C104H192N8O8. The summed E-state index contributed by atoms with van der Waals surface area (Å²) in [7, 11) is 0. The van der Waals surface area contributed by atoms with Crippen LogP contribution in [0, 0.1) is 17.8 Å². The Bertz CT molecular complexity index is 2180. The van der Waals surface area contributed by atoms with Crippen molar-refractivity contribution in [2.45, 2.75) is 619 Å². The Balaban J connectivity index is 0.000000292. The minimum atomic E-state index is -1.03. The zero-order chi connectivity index (χ0) is 85.2. The summed E-state index contributed by atoms with van der Waals surface area (Å²) in [4.78, 5) is 47.0. The molecule has 0 amide bonds. The van der Waals surface area contributed by atoms with E-state index in [4.69, 9.17) is 40.9 Å². The van der Waals surface area contributed by atoms with Crippen molar-refractivity contribution in [1.29, 1.82) is 0 Å². The SMILES string of the molecule is C1CCCCCC(N=NC2CCCCCCCCCCC2)CCCCC1.C1CCCCCC(N=NC2CCCCCCCCCCC2)CCCCC1.C1CCCCCC(N=NC2CCCCCCCCCCC2)CCCCC1.O=C(O)CC1CCC(CC(=O)O)CCC(CC(=O)O)(N=NC2CCCCCCCCCCC2)CCC(CC(=O)O)CC1. The lowest BCUT2D eigenvalue weighted by Gasteiger charge is -2.32. The number of azo groups is 4. The number of carboxylic acid groups (broad SMARTS) is 4. The summed E-state index contributed by atoms with van der Waals surface area (Å²) < 4.78 is 0. The van der Waals surface area contributed by atoms with E-state index in [1.165, 1.54) is 456 Å². The van der Waals surface area contributed by atoms with Gasteiger partial charge in [-0.05, 0) is 159 Å². The molecule has 8 aliphatic rings. The maximum absolute atomic E-state index is 12.2. The summed E-state index contributed by atoms with van der Waals surface area (Å²) in [6, 6.07) is 3.17. The molecule has 0 spiro atoms. The first-order valence-corrected chi connectivity index (χ1v) is 53.4. The van der Waals surface area contributed by atoms with Gasteiger partial charge in [0.1, 0.15) is 0 Å². The Labute approximate surface area is 737 Å². The molecule has 0 saturated heterocycles. The fourth-order valence-electron chi connectivity index (χ4n) is 21.0. The summed E-state index contributed by atoms with van der Waals surface area (Å²) in [6.45, 7) is 0. The minimum absolute atomic E-state index is 0.0258. The van der Waals surface area contributed by atoms with Gasteiger partial charge in [-0.25, -0.2) is 0 Å². The molecule has 16 nitrogen and oxygen atoms in total. The van der Waals surface area contributed by atoms with Gasteiger partial charge in [-0.2, -0.15) is 40.9 Å². The maximum atomic E-state index is 12.2. The summed E-state index contributed by atoms with van der Waals surface area (Å²) in [5, 5.41) is 77.7. The van der Waals surface area contributed by atoms with Crippen LogP contribution in [0.25, 0.3) is 0 Å². The molecule has 8 saturated carbocycles. The molecule has 0 radical (unpaired) electrons. The van der Waals surface area contributed by atoms with E-state index in [0.717, 1.165) is 38.5 Å². The van der Waals surface area contributed by atoms with E-state index in [1.807, 2.05) is 0 Å². The predicted octanol–water partition coefficient (Wildman–Crippen LogP) is 34.1. The van der Waals surface area contributed by atoms with Crippen LogP contribution in [0.3, 0.4) is 0 Å². The molecular weight excluding hydrogens is 1490 g/mol. The molecule has 696 valence electrons. The molecule has 0 aliphatic heterocycles. The van der Waals surface area contributed by atoms with Crippen LogP contribution in [0.2, 0.25) is 0 Å². The second-order valence-electron chi connectivity index (χ2n) is 40.2. The number of aliphatic carboxylic acids is 4. The van der Waals surface area contributed by atoms with Crippen molar-refractivity contribution in [2.24, 2.45) is 58.7 Å². The fraction of sp³-hybridized carbons (Fsp3) is 0.962. The molecule has 8 aliphatic carbocycles. The van der Waals surface area contributed by atoms with Crippen LogP contribution < -0.4 is 0 Å². The van der Waals surface area contributed by atoms with E-state index in [-0.39, 0.29) is 49.5 Å². The normalized spacial score (nSPS) is 26.6. The van der Waals surface area contributed by atoms with Gasteiger partial charge in [-0.3, -0.25) is 19.2 Å². The highest BCUT2D eigenvalue weighted by Gasteiger charge is 2.37. The topological polar surface area (TPSA) is 248 Å². The maximum Gasteiger partial charge on any atom is 0.305 e. The minimum Gasteiger partial charge on any atom is -0.481 e. The second-order valence-corrected chi connectivity index (χ2v) is 40.2. The van der Waals surface area contributed by atoms with Crippen LogP contribution in [-0.4, -0.2) is 92.1 Å². The highest BCUT2D eigenvalue weighted by Crippen LogP contribution is 2.39. The van der Waals surface area contributed by atoms with Crippen molar-refractivity contribution >= 4 is 23.9 Å². The zero-order valence-corrected chi connectivity index (χ0v) is 78.2.